The van der Waals surface area contributed by atoms with Crippen molar-refractivity contribution in [3.8, 4) is 17.2 Å². The molecule has 2 rings (SSSR count). The Kier molecular flexibility index (Phi) is 8.51. The van der Waals surface area contributed by atoms with Crippen LogP contribution >= 0.6 is 0 Å². The van der Waals surface area contributed by atoms with E-state index in [4.69, 9.17) is 14.2 Å². The summed E-state index contributed by atoms with van der Waals surface area (Å²) in [6.07, 6.45) is 0.795. The molecule has 2 aromatic carbocycles. The Morgan fingerprint density at radius 2 is 1.79 bits per heavy atom. The Labute approximate surface area is 170 Å². The van der Waals surface area contributed by atoms with E-state index in [1.54, 1.807) is 21.3 Å². The summed E-state index contributed by atoms with van der Waals surface area (Å²) < 4.78 is 42.1. The van der Waals surface area contributed by atoms with Gasteiger partial charge in [0.2, 0.25) is 0 Å². The molecule has 29 heavy (non-hydrogen) atoms. The van der Waals surface area contributed by atoms with Crippen molar-refractivity contribution in [2.45, 2.75) is 6.42 Å². The molecule has 0 bridgehead atoms. The molecular formula is C21H27F2N3O3. The molecule has 1 N–H and O–H groups in total. The van der Waals surface area contributed by atoms with Crippen molar-refractivity contribution in [2.24, 2.45) is 4.99 Å². The summed E-state index contributed by atoms with van der Waals surface area (Å²) in [5, 5.41) is 3.18. The minimum atomic E-state index is -0.929. The van der Waals surface area contributed by atoms with Gasteiger partial charge in [0.1, 0.15) is 12.4 Å². The van der Waals surface area contributed by atoms with Gasteiger partial charge in [0.25, 0.3) is 0 Å². The summed E-state index contributed by atoms with van der Waals surface area (Å²) in [5.74, 6) is 0.558. The summed E-state index contributed by atoms with van der Waals surface area (Å²) in [6.45, 7) is 1.49. The molecule has 0 unspecified atom stereocenters. The highest BCUT2D eigenvalue weighted by atomic mass is 19.2. The quantitative estimate of drug-likeness (QED) is 0.393. The van der Waals surface area contributed by atoms with E-state index in [0.717, 1.165) is 30.7 Å². The molecule has 0 fully saturated rings. The predicted molar refractivity (Wildman–Crippen MR) is 109 cm³/mol. The Hall–Kier alpha value is -3.03. The first kappa shape index (κ1) is 22.3. The fraction of sp³-hybridized carbons (Fsp3) is 0.381. The molecule has 0 saturated carbocycles. The maximum atomic E-state index is 13.2. The highest BCUT2D eigenvalue weighted by Gasteiger charge is 2.09. The topological polar surface area (TPSA) is 55.3 Å². The van der Waals surface area contributed by atoms with Crippen LogP contribution in [0.3, 0.4) is 0 Å². The zero-order valence-electron chi connectivity index (χ0n) is 17.2. The average Bonchev–Trinajstić information content (AvgIpc) is 2.74. The molecule has 8 heteroatoms. The van der Waals surface area contributed by atoms with E-state index in [1.165, 1.54) is 6.07 Å². The molecule has 0 saturated heterocycles. The zero-order chi connectivity index (χ0) is 21.2. The van der Waals surface area contributed by atoms with Crippen molar-refractivity contribution in [1.29, 1.82) is 0 Å². The molecule has 0 radical (unpaired) electrons. The van der Waals surface area contributed by atoms with E-state index in [-0.39, 0.29) is 12.4 Å². The molecule has 0 amide bonds. The third-order valence-electron chi connectivity index (χ3n) is 4.30. The maximum Gasteiger partial charge on any atom is 0.193 e. The lowest BCUT2D eigenvalue weighted by atomic mass is 10.1. The largest absolute Gasteiger partial charge is 0.493 e. The van der Waals surface area contributed by atoms with Crippen LogP contribution in [0, 0.1) is 11.6 Å². The first-order valence-corrected chi connectivity index (χ1v) is 9.19. The van der Waals surface area contributed by atoms with E-state index < -0.39 is 11.6 Å². The van der Waals surface area contributed by atoms with Crippen LogP contribution in [0.1, 0.15) is 5.56 Å². The van der Waals surface area contributed by atoms with Crippen LogP contribution in [0.15, 0.2) is 41.4 Å². The zero-order valence-corrected chi connectivity index (χ0v) is 17.2. The van der Waals surface area contributed by atoms with Gasteiger partial charge in [0.05, 0.1) is 20.8 Å². The van der Waals surface area contributed by atoms with Crippen LogP contribution in [0.5, 0.6) is 17.2 Å². The number of hydrogen-bond donors (Lipinski definition) is 1. The number of benzene rings is 2. The molecule has 0 aliphatic carbocycles. The van der Waals surface area contributed by atoms with Crippen molar-refractivity contribution in [1.82, 2.24) is 10.2 Å². The molecular weight excluding hydrogens is 380 g/mol. The van der Waals surface area contributed by atoms with Gasteiger partial charge in [-0.05, 0) is 36.2 Å². The Bertz CT molecular complexity index is 831. The summed E-state index contributed by atoms with van der Waals surface area (Å²) >= 11 is 0. The van der Waals surface area contributed by atoms with Crippen LogP contribution in [-0.4, -0.2) is 58.9 Å². The molecule has 158 valence electrons. The van der Waals surface area contributed by atoms with Gasteiger partial charge in [0, 0.05) is 26.7 Å². The van der Waals surface area contributed by atoms with E-state index in [2.05, 4.69) is 10.3 Å². The van der Waals surface area contributed by atoms with Crippen LogP contribution in [0.4, 0.5) is 8.78 Å². The third kappa shape index (κ3) is 6.51. The second-order valence-electron chi connectivity index (χ2n) is 6.26. The van der Waals surface area contributed by atoms with E-state index >= 15 is 0 Å². The van der Waals surface area contributed by atoms with Crippen molar-refractivity contribution in [3.63, 3.8) is 0 Å². The Balaban J connectivity index is 1.79. The van der Waals surface area contributed by atoms with E-state index in [1.807, 2.05) is 30.1 Å². The standard InChI is InChI=1S/C21H27F2N3O3/c1-24-21(25-10-12-29-16-6-7-17(22)18(23)14-16)26(2)11-9-15-5-8-19(27-3)20(13-15)28-4/h5-8,13-14H,9-12H2,1-4H3,(H,24,25). The van der Waals surface area contributed by atoms with Crippen LogP contribution < -0.4 is 19.5 Å². The first-order valence-electron chi connectivity index (χ1n) is 9.19. The lowest BCUT2D eigenvalue weighted by Gasteiger charge is -2.22. The molecule has 0 heterocycles. The highest BCUT2D eigenvalue weighted by Crippen LogP contribution is 2.27. The molecule has 0 aliphatic heterocycles. The molecule has 0 atom stereocenters. The number of methoxy groups -OCH3 is 2. The molecule has 0 spiro atoms. The third-order valence-corrected chi connectivity index (χ3v) is 4.30. The molecule has 2 aromatic rings. The number of hydrogen-bond acceptors (Lipinski definition) is 4. The summed E-state index contributed by atoms with van der Waals surface area (Å²) in [4.78, 5) is 6.25. The first-order chi connectivity index (χ1) is 14.0. The number of rotatable bonds is 9. The van der Waals surface area contributed by atoms with Crippen molar-refractivity contribution in [2.75, 3.05) is 48.0 Å². The average molecular weight is 407 g/mol. The normalized spacial score (nSPS) is 11.2. The van der Waals surface area contributed by atoms with Gasteiger partial charge in [-0.3, -0.25) is 4.99 Å². The Morgan fingerprint density at radius 3 is 2.45 bits per heavy atom. The number of aliphatic imine (C=N–C) groups is 1. The number of halogens is 2. The molecule has 6 nitrogen and oxygen atoms in total. The van der Waals surface area contributed by atoms with Gasteiger partial charge < -0.3 is 24.4 Å². The number of nitrogens with zero attached hydrogens (tertiary/aromatic N) is 2. The van der Waals surface area contributed by atoms with Gasteiger partial charge in [-0.25, -0.2) is 8.78 Å². The summed E-state index contributed by atoms with van der Waals surface area (Å²) in [5.41, 5.74) is 1.12. The Morgan fingerprint density at radius 1 is 1.03 bits per heavy atom. The number of ether oxygens (including phenoxy) is 3. The van der Waals surface area contributed by atoms with E-state index in [9.17, 15) is 8.78 Å². The lowest BCUT2D eigenvalue weighted by Crippen LogP contribution is -2.41. The summed E-state index contributed by atoms with van der Waals surface area (Å²) in [6, 6.07) is 9.30. The van der Waals surface area contributed by atoms with Crippen LogP contribution in [0.2, 0.25) is 0 Å². The van der Waals surface area contributed by atoms with Crippen molar-refractivity contribution in [3.05, 3.63) is 53.6 Å². The van der Waals surface area contributed by atoms with Crippen molar-refractivity contribution < 1.29 is 23.0 Å². The van der Waals surface area contributed by atoms with Crippen molar-refractivity contribution >= 4 is 5.96 Å². The second-order valence-corrected chi connectivity index (χ2v) is 6.26. The van der Waals surface area contributed by atoms with Gasteiger partial charge in [0.15, 0.2) is 29.1 Å². The van der Waals surface area contributed by atoms with Gasteiger partial charge >= 0.3 is 0 Å². The maximum absolute atomic E-state index is 13.2. The van der Waals surface area contributed by atoms with E-state index in [0.29, 0.717) is 24.0 Å². The monoisotopic (exact) mass is 407 g/mol. The van der Waals surface area contributed by atoms with Gasteiger partial charge in [-0.2, -0.15) is 0 Å². The fourth-order valence-corrected chi connectivity index (χ4v) is 2.72. The molecule has 0 aliphatic rings. The highest BCUT2D eigenvalue weighted by molar-refractivity contribution is 5.79. The lowest BCUT2D eigenvalue weighted by molar-refractivity contribution is 0.316. The minimum Gasteiger partial charge on any atom is -0.493 e. The minimum absolute atomic E-state index is 0.280. The number of likely N-dealkylation sites (N-methyl/N-ethyl adjacent to an activating group) is 1. The van der Waals surface area contributed by atoms with Gasteiger partial charge in [-0.1, -0.05) is 6.07 Å². The van der Waals surface area contributed by atoms with Crippen LogP contribution in [0.25, 0.3) is 0 Å². The SMILES string of the molecule is CN=C(NCCOc1ccc(F)c(F)c1)N(C)CCc1ccc(OC)c(OC)c1. The van der Waals surface area contributed by atoms with Crippen LogP contribution in [-0.2, 0) is 6.42 Å². The second kappa shape index (κ2) is 11.1. The molecule has 0 aromatic heterocycles. The summed E-state index contributed by atoms with van der Waals surface area (Å²) in [7, 11) is 6.86. The number of guanidine groups is 1. The van der Waals surface area contributed by atoms with Gasteiger partial charge in [-0.15, -0.1) is 0 Å². The fourth-order valence-electron chi connectivity index (χ4n) is 2.72. The predicted octanol–water partition coefficient (Wildman–Crippen LogP) is 3.11. The smallest absolute Gasteiger partial charge is 0.193 e. The number of nitrogens with one attached hydrogen (secondary N) is 1.